The van der Waals surface area contributed by atoms with Gasteiger partial charge in [-0.15, -0.1) is 11.8 Å². The van der Waals surface area contributed by atoms with E-state index in [4.69, 9.17) is 4.74 Å². The van der Waals surface area contributed by atoms with Crippen LogP contribution in [0.5, 0.6) is 5.88 Å². The van der Waals surface area contributed by atoms with Gasteiger partial charge in [-0.3, -0.25) is 0 Å². The normalized spacial score (nSPS) is 17.9. The van der Waals surface area contributed by atoms with Crippen LogP contribution in [0.4, 0.5) is 0 Å². The van der Waals surface area contributed by atoms with Crippen molar-refractivity contribution >= 4 is 11.8 Å². The zero-order valence-corrected chi connectivity index (χ0v) is 11.1. The van der Waals surface area contributed by atoms with Crippen LogP contribution in [0.25, 0.3) is 0 Å². The topological polar surface area (TPSA) is 22.1 Å². The van der Waals surface area contributed by atoms with Gasteiger partial charge in [-0.05, 0) is 30.7 Å². The number of hydrogen-bond acceptors (Lipinski definition) is 3. The summed E-state index contributed by atoms with van der Waals surface area (Å²) in [5.74, 6) is 0.799. The highest BCUT2D eigenvalue weighted by molar-refractivity contribution is 7.98. The van der Waals surface area contributed by atoms with Gasteiger partial charge in [0.15, 0.2) is 0 Å². The lowest BCUT2D eigenvalue weighted by atomic mass is 9.99. The van der Waals surface area contributed by atoms with Crippen molar-refractivity contribution in [3.8, 4) is 5.88 Å². The van der Waals surface area contributed by atoms with Crippen LogP contribution in [0, 0.1) is 0 Å². The highest BCUT2D eigenvalue weighted by atomic mass is 32.2. The molecule has 1 aliphatic rings. The average molecular weight is 257 g/mol. The van der Waals surface area contributed by atoms with E-state index in [1.165, 1.54) is 16.0 Å². The molecule has 92 valence electrons. The molecule has 2 nitrogen and oxygen atoms in total. The van der Waals surface area contributed by atoms with E-state index in [9.17, 15) is 0 Å². The zero-order valence-electron chi connectivity index (χ0n) is 10.3. The van der Waals surface area contributed by atoms with Crippen LogP contribution in [-0.2, 0) is 6.42 Å². The minimum absolute atomic E-state index is 0.145. The van der Waals surface area contributed by atoms with Crippen molar-refractivity contribution in [2.45, 2.75) is 23.8 Å². The van der Waals surface area contributed by atoms with Crippen molar-refractivity contribution in [2.75, 3.05) is 6.26 Å². The first-order chi connectivity index (χ1) is 8.86. The first kappa shape index (κ1) is 11.6. The van der Waals surface area contributed by atoms with Crippen molar-refractivity contribution < 1.29 is 4.74 Å². The maximum Gasteiger partial charge on any atom is 0.217 e. The molecule has 3 rings (SSSR count). The van der Waals surface area contributed by atoms with E-state index in [1.54, 1.807) is 11.8 Å². The first-order valence-corrected chi connectivity index (χ1v) is 7.34. The molecule has 0 fully saturated rings. The summed E-state index contributed by atoms with van der Waals surface area (Å²) in [6.45, 7) is 0. The Balaban J connectivity index is 1.85. The van der Waals surface area contributed by atoms with Gasteiger partial charge in [-0.25, -0.2) is 4.98 Å². The van der Waals surface area contributed by atoms with Gasteiger partial charge >= 0.3 is 0 Å². The number of aromatic nitrogens is 1. The number of thioether (sulfide) groups is 1. The third-order valence-electron chi connectivity index (χ3n) is 3.24. The summed E-state index contributed by atoms with van der Waals surface area (Å²) in [5, 5.41) is 0. The van der Waals surface area contributed by atoms with Gasteiger partial charge in [-0.2, -0.15) is 0 Å². The van der Waals surface area contributed by atoms with Crippen LogP contribution in [-0.4, -0.2) is 11.2 Å². The second kappa shape index (κ2) is 5.02. The van der Waals surface area contributed by atoms with Gasteiger partial charge in [0, 0.05) is 16.7 Å². The van der Waals surface area contributed by atoms with Gasteiger partial charge < -0.3 is 4.74 Å². The summed E-state index contributed by atoms with van der Waals surface area (Å²) in [6, 6.07) is 12.6. The van der Waals surface area contributed by atoms with Crippen LogP contribution in [0.3, 0.4) is 0 Å². The molecular weight excluding hydrogens is 242 g/mol. The van der Waals surface area contributed by atoms with E-state index in [0.29, 0.717) is 0 Å². The molecule has 0 spiro atoms. The third kappa shape index (κ3) is 2.23. The minimum atomic E-state index is 0.145. The largest absolute Gasteiger partial charge is 0.469 e. The fourth-order valence-corrected chi connectivity index (χ4v) is 2.67. The number of fused-ring (bicyclic) bond motifs is 1. The molecule has 0 saturated heterocycles. The number of ether oxygens (including phenoxy) is 1. The molecular formula is C15H15NOS. The molecule has 0 unspecified atom stereocenters. The fourth-order valence-electron chi connectivity index (χ4n) is 2.26. The molecule has 0 aliphatic carbocycles. The summed E-state index contributed by atoms with van der Waals surface area (Å²) in [5.41, 5.74) is 2.47. The summed E-state index contributed by atoms with van der Waals surface area (Å²) < 4.78 is 6.00. The second-order valence-electron chi connectivity index (χ2n) is 4.40. The Bertz CT molecular complexity index is 541. The summed E-state index contributed by atoms with van der Waals surface area (Å²) in [7, 11) is 0. The highest BCUT2D eigenvalue weighted by Gasteiger charge is 2.22. The molecule has 2 aromatic rings. The quantitative estimate of drug-likeness (QED) is 0.762. The Morgan fingerprint density at radius 2 is 2.11 bits per heavy atom. The standard InChI is InChI=1S/C15H15NOS/c1-18-13-9-12-7-8-14(17-15(12)16-10-13)11-5-3-2-4-6-11/h2-6,9-10,14H,7-8H2,1H3/t14-/m0/s1. The fraction of sp³-hybridized carbons (Fsp3) is 0.267. The molecule has 0 saturated carbocycles. The van der Waals surface area contributed by atoms with Gasteiger partial charge in [0.2, 0.25) is 5.88 Å². The Labute approximate surface area is 111 Å². The average Bonchev–Trinajstić information content (AvgIpc) is 2.47. The molecule has 0 bridgehead atoms. The van der Waals surface area contributed by atoms with Crippen LogP contribution in [0.2, 0.25) is 0 Å². The van der Waals surface area contributed by atoms with Gasteiger partial charge in [0.25, 0.3) is 0 Å². The van der Waals surface area contributed by atoms with Gasteiger partial charge in [0.1, 0.15) is 6.10 Å². The van der Waals surface area contributed by atoms with Crippen LogP contribution in [0.15, 0.2) is 47.5 Å². The minimum Gasteiger partial charge on any atom is -0.469 e. The number of hydrogen-bond donors (Lipinski definition) is 0. The lowest BCUT2D eigenvalue weighted by molar-refractivity contribution is 0.167. The second-order valence-corrected chi connectivity index (χ2v) is 5.27. The Kier molecular flexibility index (Phi) is 3.24. The first-order valence-electron chi connectivity index (χ1n) is 6.11. The molecule has 2 heterocycles. The smallest absolute Gasteiger partial charge is 0.217 e. The number of nitrogens with zero attached hydrogens (tertiary/aromatic N) is 1. The van der Waals surface area contributed by atoms with Crippen molar-refractivity contribution in [3.63, 3.8) is 0 Å². The number of rotatable bonds is 2. The van der Waals surface area contributed by atoms with E-state index in [1.807, 2.05) is 12.3 Å². The lowest BCUT2D eigenvalue weighted by Gasteiger charge is -2.25. The molecule has 0 N–H and O–H groups in total. The Hall–Kier alpha value is -1.48. The van der Waals surface area contributed by atoms with Gasteiger partial charge in [0.05, 0.1) is 0 Å². The van der Waals surface area contributed by atoms with Crippen molar-refractivity contribution in [3.05, 3.63) is 53.7 Å². The third-order valence-corrected chi connectivity index (χ3v) is 3.93. The highest BCUT2D eigenvalue weighted by Crippen LogP contribution is 2.34. The summed E-state index contributed by atoms with van der Waals surface area (Å²) in [6.07, 6.45) is 6.16. The van der Waals surface area contributed by atoms with E-state index < -0.39 is 0 Å². The van der Waals surface area contributed by atoms with Crippen molar-refractivity contribution in [2.24, 2.45) is 0 Å². The SMILES string of the molecule is CSc1cnc2c(c1)CC[C@@H](c1ccccc1)O2. The Morgan fingerprint density at radius 1 is 1.28 bits per heavy atom. The van der Waals surface area contributed by atoms with Crippen LogP contribution < -0.4 is 4.74 Å². The molecule has 0 amide bonds. The molecule has 18 heavy (non-hydrogen) atoms. The van der Waals surface area contributed by atoms with E-state index in [-0.39, 0.29) is 6.10 Å². The van der Waals surface area contributed by atoms with Crippen molar-refractivity contribution in [1.82, 2.24) is 4.98 Å². The maximum absolute atomic E-state index is 6.00. The van der Waals surface area contributed by atoms with E-state index in [0.717, 1.165) is 18.7 Å². The molecule has 1 atom stereocenters. The lowest BCUT2D eigenvalue weighted by Crippen LogP contribution is -2.16. The molecule has 1 aromatic carbocycles. The Morgan fingerprint density at radius 3 is 2.89 bits per heavy atom. The molecule has 1 aromatic heterocycles. The predicted molar refractivity (Wildman–Crippen MR) is 74.2 cm³/mol. The monoisotopic (exact) mass is 257 g/mol. The summed E-state index contributed by atoms with van der Waals surface area (Å²) >= 11 is 1.72. The molecule has 0 radical (unpaired) electrons. The summed E-state index contributed by atoms with van der Waals surface area (Å²) in [4.78, 5) is 5.63. The number of benzene rings is 1. The molecule has 3 heteroatoms. The number of pyridine rings is 1. The number of aryl methyl sites for hydroxylation is 1. The van der Waals surface area contributed by atoms with Crippen molar-refractivity contribution in [1.29, 1.82) is 0 Å². The predicted octanol–water partition coefficient (Wildman–Crippen LogP) is 3.87. The molecule has 1 aliphatic heterocycles. The van der Waals surface area contributed by atoms with Crippen LogP contribution >= 0.6 is 11.8 Å². The van der Waals surface area contributed by atoms with E-state index >= 15 is 0 Å². The van der Waals surface area contributed by atoms with Gasteiger partial charge in [-0.1, -0.05) is 30.3 Å². The maximum atomic E-state index is 6.00. The zero-order chi connectivity index (χ0) is 12.4. The van der Waals surface area contributed by atoms with Crippen LogP contribution in [0.1, 0.15) is 23.7 Å². The van der Waals surface area contributed by atoms with E-state index in [2.05, 4.69) is 41.6 Å².